The average molecular weight is 337 g/mol. The minimum absolute atomic E-state index is 0.0516. The van der Waals surface area contributed by atoms with Gasteiger partial charge in [0.15, 0.2) is 0 Å². The van der Waals surface area contributed by atoms with Crippen molar-refractivity contribution < 1.29 is 14.7 Å². The molecular weight excluding hydrogens is 316 g/mol. The summed E-state index contributed by atoms with van der Waals surface area (Å²) in [7, 11) is 1.78. The number of rotatable bonds is 4. The fraction of sp³-hybridized carbons (Fsp3) is 0.529. The maximum absolute atomic E-state index is 12.6. The Morgan fingerprint density at radius 1 is 1.30 bits per heavy atom. The Hall–Kier alpha value is -1.59. The van der Waals surface area contributed by atoms with Crippen LogP contribution in [0.2, 0.25) is 5.02 Å². The zero-order valence-electron chi connectivity index (χ0n) is 13.3. The van der Waals surface area contributed by atoms with Crippen molar-refractivity contribution in [3.8, 4) is 0 Å². The van der Waals surface area contributed by atoms with Crippen molar-refractivity contribution in [2.45, 2.75) is 43.8 Å². The number of nitrogens with one attached hydrogen (secondary N) is 1. The second-order valence-corrected chi connectivity index (χ2v) is 7.22. The van der Waals surface area contributed by atoms with Gasteiger partial charge in [0.25, 0.3) is 0 Å². The molecule has 1 saturated heterocycles. The van der Waals surface area contributed by atoms with Crippen molar-refractivity contribution in [1.82, 2.24) is 10.2 Å². The lowest BCUT2D eigenvalue weighted by molar-refractivity contribution is -0.148. The molecule has 5 nitrogen and oxygen atoms in total. The Morgan fingerprint density at radius 2 is 1.91 bits per heavy atom. The van der Waals surface area contributed by atoms with Gasteiger partial charge in [0, 0.05) is 17.1 Å². The normalized spacial score (nSPS) is 31.1. The Bertz CT molecular complexity index is 629. The minimum atomic E-state index is -1.06. The van der Waals surface area contributed by atoms with Crippen LogP contribution in [0.3, 0.4) is 0 Å². The maximum atomic E-state index is 12.6. The number of halogens is 1. The number of amides is 1. The molecule has 3 atom stereocenters. The fourth-order valence-electron chi connectivity index (χ4n) is 3.39. The van der Waals surface area contributed by atoms with E-state index in [2.05, 4.69) is 5.32 Å². The highest BCUT2D eigenvalue weighted by Crippen LogP contribution is 2.46. The molecule has 2 aliphatic rings. The molecule has 1 amide bonds. The summed E-state index contributed by atoms with van der Waals surface area (Å²) in [6.45, 7) is 1.68. The first-order valence-corrected chi connectivity index (χ1v) is 8.23. The number of likely N-dealkylation sites (tertiary alicyclic amines) is 1. The first-order valence-electron chi connectivity index (χ1n) is 7.85. The van der Waals surface area contributed by atoms with E-state index in [4.69, 9.17) is 11.6 Å². The molecule has 0 spiro atoms. The molecule has 2 N–H and O–H groups in total. The molecule has 0 aromatic heterocycles. The lowest BCUT2D eigenvalue weighted by atomic mass is 9.89. The number of likely N-dealkylation sites (N-methyl/N-ethyl adjacent to an activating group) is 1. The molecule has 0 bridgehead atoms. The van der Waals surface area contributed by atoms with Gasteiger partial charge in [-0.2, -0.15) is 0 Å². The van der Waals surface area contributed by atoms with Crippen molar-refractivity contribution in [3.05, 3.63) is 34.9 Å². The van der Waals surface area contributed by atoms with Gasteiger partial charge in [-0.25, -0.2) is 0 Å². The van der Waals surface area contributed by atoms with Gasteiger partial charge in [-0.1, -0.05) is 23.7 Å². The van der Waals surface area contributed by atoms with Crippen LogP contribution in [0.1, 0.15) is 37.8 Å². The Labute approximate surface area is 140 Å². The molecule has 1 aliphatic carbocycles. The molecule has 0 unspecified atom stereocenters. The summed E-state index contributed by atoms with van der Waals surface area (Å²) in [6, 6.07) is 7.28. The summed E-state index contributed by atoms with van der Waals surface area (Å²) in [5, 5.41) is 13.3. The molecular formula is C17H21ClN2O3. The van der Waals surface area contributed by atoms with Gasteiger partial charge in [-0.3, -0.25) is 14.5 Å². The van der Waals surface area contributed by atoms with E-state index in [0.29, 0.717) is 11.4 Å². The number of benzene rings is 1. The van der Waals surface area contributed by atoms with Crippen LogP contribution in [0.4, 0.5) is 0 Å². The largest absolute Gasteiger partial charge is 0.480 e. The van der Waals surface area contributed by atoms with Crippen molar-refractivity contribution >= 4 is 23.5 Å². The predicted octanol–water partition coefficient (Wildman–Crippen LogP) is 2.45. The molecule has 6 heteroatoms. The van der Waals surface area contributed by atoms with Gasteiger partial charge in [-0.05, 0) is 50.9 Å². The van der Waals surface area contributed by atoms with Crippen LogP contribution in [0.25, 0.3) is 0 Å². The molecule has 1 heterocycles. The highest BCUT2D eigenvalue weighted by Gasteiger charge is 2.54. The quantitative estimate of drug-likeness (QED) is 0.886. The summed E-state index contributed by atoms with van der Waals surface area (Å²) < 4.78 is 0. The predicted molar refractivity (Wildman–Crippen MR) is 87.3 cm³/mol. The number of carbonyl (C=O) groups is 2. The third kappa shape index (κ3) is 2.95. The number of carboxylic acid groups (broad SMARTS) is 1. The summed E-state index contributed by atoms with van der Waals surface area (Å²) in [5.74, 6) is -1.34. The van der Waals surface area contributed by atoms with Crippen molar-refractivity contribution in [2.24, 2.45) is 5.92 Å². The van der Waals surface area contributed by atoms with Crippen LogP contribution in [0, 0.1) is 5.92 Å². The lowest BCUT2D eigenvalue weighted by Gasteiger charge is -2.32. The molecule has 0 radical (unpaired) electrons. The Balaban J connectivity index is 1.94. The van der Waals surface area contributed by atoms with Crippen molar-refractivity contribution in [2.75, 3.05) is 7.05 Å². The third-order valence-electron chi connectivity index (χ3n) is 5.13. The zero-order chi connectivity index (χ0) is 16.8. The smallest absolute Gasteiger partial charge is 0.323 e. The number of aliphatic carboxylic acids is 1. The van der Waals surface area contributed by atoms with E-state index in [1.807, 2.05) is 12.1 Å². The first-order chi connectivity index (χ1) is 10.8. The van der Waals surface area contributed by atoms with Gasteiger partial charge in [0.05, 0.1) is 5.92 Å². The summed E-state index contributed by atoms with van der Waals surface area (Å²) in [6.07, 6.45) is 2.32. The third-order valence-corrected chi connectivity index (χ3v) is 5.38. The van der Waals surface area contributed by atoms with Crippen LogP contribution >= 0.6 is 11.6 Å². The highest BCUT2D eigenvalue weighted by molar-refractivity contribution is 6.30. The Kier molecular flexibility index (Phi) is 4.10. The van der Waals surface area contributed by atoms with E-state index < -0.39 is 11.5 Å². The average Bonchev–Trinajstić information content (AvgIpc) is 3.26. The molecule has 124 valence electrons. The molecule has 1 aromatic carbocycles. The van der Waals surface area contributed by atoms with Gasteiger partial charge < -0.3 is 10.4 Å². The fourth-order valence-corrected chi connectivity index (χ4v) is 3.51. The number of nitrogens with zero attached hydrogens (tertiary/aromatic N) is 1. The van der Waals surface area contributed by atoms with Crippen LogP contribution in [0.15, 0.2) is 24.3 Å². The van der Waals surface area contributed by atoms with Gasteiger partial charge in [0.2, 0.25) is 5.91 Å². The number of carboxylic acids is 1. The van der Waals surface area contributed by atoms with Crippen molar-refractivity contribution in [3.63, 3.8) is 0 Å². The number of hydrogen-bond acceptors (Lipinski definition) is 3. The Morgan fingerprint density at radius 3 is 2.43 bits per heavy atom. The molecule has 1 aliphatic heterocycles. The molecule has 3 rings (SSSR count). The van der Waals surface area contributed by atoms with E-state index in [0.717, 1.165) is 18.4 Å². The lowest BCUT2D eigenvalue weighted by Crippen LogP contribution is -2.46. The summed E-state index contributed by atoms with van der Waals surface area (Å²) in [5.41, 5.74) is -0.145. The van der Waals surface area contributed by atoms with E-state index in [-0.39, 0.29) is 23.9 Å². The first kappa shape index (κ1) is 16.3. The highest BCUT2D eigenvalue weighted by atomic mass is 35.5. The summed E-state index contributed by atoms with van der Waals surface area (Å²) >= 11 is 5.95. The summed E-state index contributed by atoms with van der Waals surface area (Å²) in [4.78, 5) is 26.2. The van der Waals surface area contributed by atoms with E-state index >= 15 is 0 Å². The monoisotopic (exact) mass is 336 g/mol. The minimum Gasteiger partial charge on any atom is -0.480 e. The SMILES string of the molecule is CN1[C@H](c2ccc(Cl)cc2)[C@H](C(=O)NC2CC2)C[C@]1(C)C(=O)O. The number of carbonyl (C=O) groups excluding carboxylic acids is 1. The van der Waals surface area contributed by atoms with E-state index in [1.54, 1.807) is 31.0 Å². The molecule has 2 fully saturated rings. The van der Waals surface area contributed by atoms with Gasteiger partial charge >= 0.3 is 5.97 Å². The standard InChI is InChI=1S/C17H21ClN2O3/c1-17(16(22)23)9-13(15(21)19-12-7-8-12)14(20(17)2)10-3-5-11(18)6-4-10/h3-6,12-14H,7-9H2,1-2H3,(H,19,21)(H,22,23)/t13-,14-,17-/m1/s1. The van der Waals surface area contributed by atoms with Crippen LogP contribution in [-0.4, -0.2) is 40.5 Å². The van der Waals surface area contributed by atoms with Gasteiger partial charge in [-0.15, -0.1) is 0 Å². The maximum Gasteiger partial charge on any atom is 0.323 e. The second kappa shape index (κ2) is 5.80. The van der Waals surface area contributed by atoms with Crippen LogP contribution < -0.4 is 5.32 Å². The van der Waals surface area contributed by atoms with E-state index in [9.17, 15) is 14.7 Å². The zero-order valence-corrected chi connectivity index (χ0v) is 14.0. The molecule has 1 aromatic rings. The van der Waals surface area contributed by atoms with Crippen LogP contribution in [0.5, 0.6) is 0 Å². The van der Waals surface area contributed by atoms with Crippen molar-refractivity contribution in [1.29, 1.82) is 0 Å². The van der Waals surface area contributed by atoms with Gasteiger partial charge in [0.1, 0.15) is 5.54 Å². The molecule has 1 saturated carbocycles. The second-order valence-electron chi connectivity index (χ2n) is 6.78. The van der Waals surface area contributed by atoms with E-state index in [1.165, 1.54) is 0 Å². The van der Waals surface area contributed by atoms with Crippen LogP contribution in [-0.2, 0) is 9.59 Å². The molecule has 23 heavy (non-hydrogen) atoms. The topological polar surface area (TPSA) is 69.6 Å². The number of hydrogen-bond donors (Lipinski definition) is 2.